The first-order chi connectivity index (χ1) is 14.1. The Morgan fingerprint density at radius 3 is 2.52 bits per heavy atom. The van der Waals surface area contributed by atoms with Gasteiger partial charge < -0.3 is 9.80 Å². The minimum Gasteiger partial charge on any atom is -0.369 e. The molecule has 1 aromatic heterocycles. The van der Waals surface area contributed by atoms with E-state index >= 15 is 0 Å². The van der Waals surface area contributed by atoms with Crippen LogP contribution in [0.4, 0.5) is 5.69 Å². The lowest BCUT2D eigenvalue weighted by atomic mass is 10.1. The summed E-state index contributed by atoms with van der Waals surface area (Å²) in [5.41, 5.74) is 2.00. The summed E-state index contributed by atoms with van der Waals surface area (Å²) in [6.07, 6.45) is 5.83. The van der Waals surface area contributed by atoms with Crippen LogP contribution in [-0.2, 0) is 11.3 Å². The van der Waals surface area contributed by atoms with Crippen molar-refractivity contribution in [3.8, 4) is 0 Å². The van der Waals surface area contributed by atoms with Crippen molar-refractivity contribution in [3.63, 3.8) is 0 Å². The molecule has 2 aromatic rings. The summed E-state index contributed by atoms with van der Waals surface area (Å²) in [7, 11) is 1.93. The molecule has 1 atom stereocenters. The molecular weight excluding hydrogens is 366 g/mol. The maximum Gasteiger partial charge on any atom is 0.261 e. The predicted octanol–water partition coefficient (Wildman–Crippen LogP) is 1.55. The van der Waals surface area contributed by atoms with Gasteiger partial charge in [0.2, 0.25) is 5.91 Å². The number of nitrogens with zero attached hydrogens (tertiary/aromatic N) is 5. The van der Waals surface area contributed by atoms with Crippen LogP contribution in [0.15, 0.2) is 29.3 Å². The molecule has 7 heteroatoms. The standard InChI is InChI=1S/C22H29N5O2/c1-24-18(5-7-21(24)28)14-25-8-10-26(11-9-25)17-4-6-19-20(12-17)23-15-27(22(19)29)13-16-2-3-16/h4,6,12,15-16,18H,2-3,5,7-11,13-14H2,1H3. The Labute approximate surface area is 170 Å². The molecule has 1 saturated carbocycles. The number of anilines is 1. The maximum absolute atomic E-state index is 12.7. The molecule has 0 radical (unpaired) electrons. The summed E-state index contributed by atoms with van der Waals surface area (Å²) >= 11 is 0. The van der Waals surface area contributed by atoms with Crippen molar-refractivity contribution in [1.29, 1.82) is 0 Å². The summed E-state index contributed by atoms with van der Waals surface area (Å²) in [4.78, 5) is 35.8. The fourth-order valence-corrected chi connectivity index (χ4v) is 4.62. The number of likely N-dealkylation sites (tertiary alicyclic amines) is 1. The van der Waals surface area contributed by atoms with Crippen LogP contribution >= 0.6 is 0 Å². The smallest absolute Gasteiger partial charge is 0.261 e. The number of likely N-dealkylation sites (N-methyl/N-ethyl adjacent to an activating group) is 1. The SMILES string of the molecule is CN1C(=O)CCC1CN1CCN(c2ccc3c(=O)n(CC4CC4)cnc3c2)CC1. The van der Waals surface area contributed by atoms with Gasteiger partial charge in [0, 0.05) is 64.5 Å². The van der Waals surface area contributed by atoms with Crippen molar-refractivity contribution >= 4 is 22.5 Å². The Morgan fingerprint density at radius 2 is 1.83 bits per heavy atom. The highest BCUT2D eigenvalue weighted by Crippen LogP contribution is 2.30. The number of carbonyl (C=O) groups is 1. The number of rotatable bonds is 5. The van der Waals surface area contributed by atoms with Crippen LogP contribution in [0.3, 0.4) is 0 Å². The number of benzene rings is 1. The molecular formula is C22H29N5O2. The van der Waals surface area contributed by atoms with Gasteiger partial charge in [0.05, 0.1) is 17.2 Å². The van der Waals surface area contributed by atoms with E-state index in [9.17, 15) is 9.59 Å². The van der Waals surface area contributed by atoms with Crippen molar-refractivity contribution in [2.75, 3.05) is 44.7 Å². The molecule has 0 bridgehead atoms. The fourth-order valence-electron chi connectivity index (χ4n) is 4.62. The van der Waals surface area contributed by atoms with Crippen LogP contribution in [0.25, 0.3) is 10.9 Å². The molecule has 2 aliphatic heterocycles. The molecule has 1 unspecified atom stereocenters. The van der Waals surface area contributed by atoms with Crippen LogP contribution in [0.2, 0.25) is 0 Å². The van der Waals surface area contributed by atoms with Gasteiger partial charge in [-0.15, -0.1) is 0 Å². The Morgan fingerprint density at radius 1 is 1.03 bits per heavy atom. The van der Waals surface area contributed by atoms with Crippen LogP contribution in [0.5, 0.6) is 0 Å². The summed E-state index contributed by atoms with van der Waals surface area (Å²) in [6, 6.07) is 6.41. The van der Waals surface area contributed by atoms with Gasteiger partial charge in [-0.25, -0.2) is 4.98 Å². The minimum atomic E-state index is 0.0773. The van der Waals surface area contributed by atoms with Gasteiger partial charge in [-0.1, -0.05) is 0 Å². The average Bonchev–Trinajstić information content (AvgIpc) is 3.51. The molecule has 0 N–H and O–H groups in total. The van der Waals surface area contributed by atoms with Gasteiger partial charge in [-0.05, 0) is 43.4 Å². The van der Waals surface area contributed by atoms with Crippen molar-refractivity contribution in [3.05, 3.63) is 34.9 Å². The van der Waals surface area contributed by atoms with Crippen molar-refractivity contribution in [2.45, 2.75) is 38.3 Å². The van der Waals surface area contributed by atoms with Crippen molar-refractivity contribution < 1.29 is 4.79 Å². The summed E-state index contributed by atoms with van der Waals surface area (Å²) in [5.74, 6) is 0.929. The molecule has 5 rings (SSSR count). The zero-order valence-corrected chi connectivity index (χ0v) is 17.1. The van der Waals surface area contributed by atoms with E-state index in [4.69, 9.17) is 0 Å². The third-order valence-corrected chi connectivity index (χ3v) is 6.80. The Kier molecular flexibility index (Phi) is 4.78. The molecule has 0 spiro atoms. The van der Waals surface area contributed by atoms with E-state index in [0.717, 1.165) is 56.9 Å². The van der Waals surface area contributed by atoms with E-state index in [1.807, 2.05) is 18.0 Å². The lowest BCUT2D eigenvalue weighted by molar-refractivity contribution is -0.127. The summed E-state index contributed by atoms with van der Waals surface area (Å²) < 4.78 is 1.77. The van der Waals surface area contributed by atoms with Gasteiger partial charge in [-0.2, -0.15) is 0 Å². The van der Waals surface area contributed by atoms with Gasteiger partial charge in [0.25, 0.3) is 5.56 Å². The van der Waals surface area contributed by atoms with E-state index in [1.165, 1.54) is 12.8 Å². The number of fused-ring (bicyclic) bond motifs is 1. The molecule has 154 valence electrons. The molecule has 29 heavy (non-hydrogen) atoms. The van der Waals surface area contributed by atoms with Crippen molar-refractivity contribution in [1.82, 2.24) is 19.4 Å². The van der Waals surface area contributed by atoms with Gasteiger partial charge in [-0.3, -0.25) is 19.1 Å². The number of amides is 1. The second-order valence-corrected chi connectivity index (χ2v) is 8.83. The Hall–Kier alpha value is -2.41. The van der Waals surface area contributed by atoms with E-state index < -0.39 is 0 Å². The number of piperazine rings is 1. The first-order valence-corrected chi connectivity index (χ1v) is 10.8. The van der Waals surface area contributed by atoms with Gasteiger partial charge in [0.15, 0.2) is 0 Å². The molecule has 2 saturated heterocycles. The molecule has 7 nitrogen and oxygen atoms in total. The second-order valence-electron chi connectivity index (χ2n) is 8.83. The molecule has 3 aliphatic rings. The van der Waals surface area contributed by atoms with Gasteiger partial charge >= 0.3 is 0 Å². The van der Waals surface area contributed by atoms with Crippen molar-refractivity contribution in [2.24, 2.45) is 5.92 Å². The normalized spacial score (nSPS) is 23.3. The second kappa shape index (κ2) is 7.44. The van der Waals surface area contributed by atoms with Crippen LogP contribution < -0.4 is 10.5 Å². The van der Waals surface area contributed by atoms with E-state index in [-0.39, 0.29) is 11.5 Å². The first kappa shape index (κ1) is 18.6. The summed E-state index contributed by atoms with van der Waals surface area (Å²) in [6.45, 7) is 5.66. The highest BCUT2D eigenvalue weighted by molar-refractivity contribution is 5.81. The maximum atomic E-state index is 12.7. The molecule has 3 fully saturated rings. The third kappa shape index (κ3) is 3.75. The number of hydrogen-bond donors (Lipinski definition) is 0. The van der Waals surface area contributed by atoms with Gasteiger partial charge in [0.1, 0.15) is 0 Å². The largest absolute Gasteiger partial charge is 0.369 e. The van der Waals surface area contributed by atoms with E-state index in [2.05, 4.69) is 26.9 Å². The van der Waals surface area contributed by atoms with Crippen LogP contribution in [-0.4, -0.2) is 71.1 Å². The lowest BCUT2D eigenvalue weighted by Gasteiger charge is -2.38. The molecule has 1 aliphatic carbocycles. The van der Waals surface area contributed by atoms with Crippen LogP contribution in [0, 0.1) is 5.92 Å². The highest BCUT2D eigenvalue weighted by atomic mass is 16.2. The van der Waals surface area contributed by atoms with E-state index in [0.29, 0.717) is 23.8 Å². The number of aromatic nitrogens is 2. The Bertz CT molecular complexity index is 975. The number of hydrogen-bond acceptors (Lipinski definition) is 5. The quantitative estimate of drug-likeness (QED) is 0.769. The fraction of sp³-hybridized carbons (Fsp3) is 0.591. The number of carbonyl (C=O) groups excluding carboxylic acids is 1. The Balaban J connectivity index is 1.24. The first-order valence-electron chi connectivity index (χ1n) is 10.8. The average molecular weight is 396 g/mol. The predicted molar refractivity (Wildman–Crippen MR) is 113 cm³/mol. The topological polar surface area (TPSA) is 61.7 Å². The highest BCUT2D eigenvalue weighted by Gasteiger charge is 2.30. The molecule has 3 heterocycles. The molecule has 1 amide bonds. The minimum absolute atomic E-state index is 0.0773. The monoisotopic (exact) mass is 395 g/mol. The zero-order valence-electron chi connectivity index (χ0n) is 17.1. The third-order valence-electron chi connectivity index (χ3n) is 6.80. The van der Waals surface area contributed by atoms with Crippen LogP contribution in [0.1, 0.15) is 25.7 Å². The lowest BCUT2D eigenvalue weighted by Crippen LogP contribution is -2.50. The molecule has 1 aromatic carbocycles. The van der Waals surface area contributed by atoms with E-state index in [1.54, 1.807) is 10.9 Å². The summed E-state index contributed by atoms with van der Waals surface area (Å²) in [5, 5.41) is 0.712. The zero-order chi connectivity index (χ0) is 20.0.